The van der Waals surface area contributed by atoms with Crippen LogP contribution >= 0.6 is 15.9 Å². The Morgan fingerprint density at radius 1 is 1.12 bits per heavy atom. The van der Waals surface area contributed by atoms with E-state index in [4.69, 9.17) is 5.26 Å². The number of benzene rings is 1. The Balaban J connectivity index is 1.78. The summed E-state index contributed by atoms with van der Waals surface area (Å²) in [6.07, 6.45) is -0.685. The number of pyridine rings is 1. The van der Waals surface area contributed by atoms with Crippen molar-refractivity contribution in [2.24, 2.45) is 0 Å². The summed E-state index contributed by atoms with van der Waals surface area (Å²) in [6, 6.07) is 7.35. The van der Waals surface area contributed by atoms with Crippen molar-refractivity contribution >= 4 is 32.7 Å². The molecule has 0 spiro atoms. The van der Waals surface area contributed by atoms with E-state index in [1.54, 1.807) is 30.1 Å². The molecule has 0 bridgehead atoms. The number of halogens is 4. The highest BCUT2D eigenvalue weighted by Gasteiger charge is 2.34. The highest BCUT2D eigenvalue weighted by molar-refractivity contribution is 9.10. The van der Waals surface area contributed by atoms with Crippen LogP contribution in [0.2, 0.25) is 0 Å². The van der Waals surface area contributed by atoms with Gasteiger partial charge in [0.2, 0.25) is 0 Å². The van der Waals surface area contributed by atoms with Gasteiger partial charge in [-0.2, -0.15) is 28.2 Å². The second-order valence-corrected chi connectivity index (χ2v) is 7.79. The summed E-state index contributed by atoms with van der Waals surface area (Å²) in [5, 5.41) is 13.4. The molecule has 0 saturated heterocycles. The van der Waals surface area contributed by atoms with Gasteiger partial charge in [0, 0.05) is 23.1 Å². The molecule has 1 aromatic carbocycles. The number of hydrogen-bond donors (Lipinski definition) is 0. The van der Waals surface area contributed by atoms with E-state index in [0.717, 1.165) is 12.4 Å². The summed E-state index contributed by atoms with van der Waals surface area (Å²) >= 11 is 3.16. The monoisotopic (exact) mass is 502 g/mol. The zero-order valence-corrected chi connectivity index (χ0v) is 18.3. The molecule has 4 aromatic rings. The quantitative estimate of drug-likeness (QED) is 0.406. The lowest BCUT2D eigenvalue weighted by Gasteiger charge is -2.26. The largest absolute Gasteiger partial charge is 0.418 e. The van der Waals surface area contributed by atoms with Crippen LogP contribution in [0.15, 0.2) is 47.6 Å². The van der Waals surface area contributed by atoms with Crippen molar-refractivity contribution in [1.82, 2.24) is 29.7 Å². The molecule has 12 heteroatoms. The van der Waals surface area contributed by atoms with Crippen molar-refractivity contribution in [3.05, 3.63) is 64.5 Å². The molecule has 0 aliphatic rings. The summed E-state index contributed by atoms with van der Waals surface area (Å²) in [5.41, 5.74) is -0.643. The molecule has 3 heterocycles. The summed E-state index contributed by atoms with van der Waals surface area (Å²) in [5.74, 6) is 1.24. The van der Waals surface area contributed by atoms with E-state index in [9.17, 15) is 13.2 Å². The number of rotatable bonds is 4. The predicted molar refractivity (Wildman–Crippen MR) is 113 cm³/mol. The third-order valence-corrected chi connectivity index (χ3v) is 5.40. The Morgan fingerprint density at radius 3 is 2.56 bits per heavy atom. The summed E-state index contributed by atoms with van der Waals surface area (Å²) in [4.78, 5) is 18.4. The Kier molecular flexibility index (Phi) is 5.52. The fourth-order valence-corrected chi connectivity index (χ4v) is 3.72. The van der Waals surface area contributed by atoms with Gasteiger partial charge in [0.05, 0.1) is 22.7 Å². The lowest BCUT2D eigenvalue weighted by atomic mass is 10.1. The van der Waals surface area contributed by atoms with Crippen LogP contribution in [0, 0.1) is 11.3 Å². The molecule has 4 rings (SSSR count). The zero-order valence-electron chi connectivity index (χ0n) is 16.7. The maximum absolute atomic E-state index is 13.6. The van der Waals surface area contributed by atoms with Crippen LogP contribution in [-0.4, -0.2) is 36.8 Å². The van der Waals surface area contributed by atoms with Gasteiger partial charge in [-0.15, -0.1) is 0 Å². The minimum absolute atomic E-state index is 0.194. The molecule has 0 N–H and O–H groups in total. The summed E-state index contributed by atoms with van der Waals surface area (Å²) in [6.45, 7) is 1.82. The van der Waals surface area contributed by atoms with Gasteiger partial charge in [0.25, 0.3) is 0 Å². The highest BCUT2D eigenvalue weighted by Crippen LogP contribution is 2.39. The maximum Gasteiger partial charge on any atom is 0.418 e. The summed E-state index contributed by atoms with van der Waals surface area (Å²) < 4.78 is 42.5. The minimum atomic E-state index is -4.57. The molecule has 0 aliphatic carbocycles. The fourth-order valence-electron chi connectivity index (χ4n) is 3.26. The van der Waals surface area contributed by atoms with Crippen LogP contribution in [0.3, 0.4) is 0 Å². The third kappa shape index (κ3) is 3.87. The SMILES string of the molecule is C[C@@H](c1ncnn1-c1ccc(C#N)cn1)N(C)c1ncnc2c(C(F)(F)F)cc(Br)cc12. The molecule has 0 aliphatic heterocycles. The van der Waals surface area contributed by atoms with Gasteiger partial charge in [0.15, 0.2) is 11.6 Å². The van der Waals surface area contributed by atoms with Crippen molar-refractivity contribution in [1.29, 1.82) is 5.26 Å². The standard InChI is InChI=1S/C20H14BrF3N8/c1-11(18-29-10-30-32(18)16-4-3-12(7-25)8-26-16)31(2)19-14-5-13(21)6-15(20(22,23)24)17(14)27-9-28-19/h3-6,8-11H,1-2H3/t11-/m0/s1. The van der Waals surface area contributed by atoms with Gasteiger partial charge >= 0.3 is 6.18 Å². The van der Waals surface area contributed by atoms with Crippen LogP contribution in [0.25, 0.3) is 16.7 Å². The molecule has 3 aromatic heterocycles. The number of anilines is 1. The van der Waals surface area contributed by atoms with Crippen molar-refractivity contribution in [3.8, 4) is 11.9 Å². The second kappa shape index (κ2) is 8.16. The van der Waals surface area contributed by atoms with E-state index in [2.05, 4.69) is 41.0 Å². The molecule has 0 fully saturated rings. The van der Waals surface area contributed by atoms with Gasteiger partial charge < -0.3 is 4.90 Å². The number of hydrogen-bond acceptors (Lipinski definition) is 7. The first-order chi connectivity index (χ1) is 15.2. The van der Waals surface area contributed by atoms with Gasteiger partial charge in [0.1, 0.15) is 24.5 Å². The van der Waals surface area contributed by atoms with Gasteiger partial charge in [-0.05, 0) is 31.2 Å². The van der Waals surface area contributed by atoms with Crippen molar-refractivity contribution in [2.45, 2.75) is 19.1 Å². The lowest BCUT2D eigenvalue weighted by Crippen LogP contribution is -2.26. The lowest BCUT2D eigenvalue weighted by molar-refractivity contribution is -0.136. The van der Waals surface area contributed by atoms with E-state index >= 15 is 0 Å². The molecule has 32 heavy (non-hydrogen) atoms. The van der Waals surface area contributed by atoms with E-state index < -0.39 is 17.8 Å². The van der Waals surface area contributed by atoms with Gasteiger partial charge in [-0.25, -0.2) is 19.9 Å². The molecule has 0 amide bonds. The normalized spacial score (nSPS) is 12.5. The fraction of sp³-hybridized carbons (Fsp3) is 0.200. The Labute approximate surface area is 188 Å². The van der Waals surface area contributed by atoms with Crippen LogP contribution < -0.4 is 4.90 Å². The molecule has 0 unspecified atom stereocenters. The average Bonchev–Trinajstić information content (AvgIpc) is 3.26. The Hall–Kier alpha value is -3.59. The van der Waals surface area contributed by atoms with Crippen LogP contribution in [-0.2, 0) is 6.18 Å². The Morgan fingerprint density at radius 2 is 1.91 bits per heavy atom. The number of nitrogens with zero attached hydrogens (tertiary/aromatic N) is 8. The van der Waals surface area contributed by atoms with E-state index in [1.807, 2.05) is 13.0 Å². The van der Waals surface area contributed by atoms with Crippen molar-refractivity contribution < 1.29 is 13.2 Å². The van der Waals surface area contributed by atoms with E-state index in [-0.39, 0.29) is 15.4 Å². The minimum Gasteiger partial charge on any atom is -0.349 e. The first-order valence-corrected chi connectivity index (χ1v) is 10.0. The van der Waals surface area contributed by atoms with Crippen LogP contribution in [0.5, 0.6) is 0 Å². The van der Waals surface area contributed by atoms with E-state index in [0.29, 0.717) is 23.0 Å². The average molecular weight is 503 g/mol. The number of alkyl halides is 3. The molecule has 0 saturated carbocycles. The molecule has 0 radical (unpaired) electrons. The molecular formula is C20H14BrF3N8. The predicted octanol–water partition coefficient (Wildman–Crippen LogP) is 4.46. The Bertz CT molecular complexity index is 1330. The van der Waals surface area contributed by atoms with Crippen LogP contribution in [0.1, 0.15) is 29.9 Å². The molecule has 162 valence electrons. The number of aromatic nitrogens is 6. The third-order valence-electron chi connectivity index (χ3n) is 4.94. The second-order valence-electron chi connectivity index (χ2n) is 6.88. The topological polar surface area (TPSA) is 96.4 Å². The molecule has 8 nitrogen and oxygen atoms in total. The van der Waals surface area contributed by atoms with Gasteiger partial charge in [-0.1, -0.05) is 15.9 Å². The van der Waals surface area contributed by atoms with Crippen molar-refractivity contribution in [3.63, 3.8) is 0 Å². The van der Waals surface area contributed by atoms with Crippen LogP contribution in [0.4, 0.5) is 19.0 Å². The smallest absolute Gasteiger partial charge is 0.349 e. The number of nitriles is 1. The first kappa shape index (κ1) is 21.6. The van der Waals surface area contributed by atoms with Gasteiger partial charge in [-0.3, -0.25) is 0 Å². The zero-order chi connectivity index (χ0) is 23.0. The van der Waals surface area contributed by atoms with Crippen molar-refractivity contribution in [2.75, 3.05) is 11.9 Å². The van der Waals surface area contributed by atoms with E-state index in [1.165, 1.54) is 17.2 Å². The number of fused-ring (bicyclic) bond motifs is 1. The summed E-state index contributed by atoms with van der Waals surface area (Å²) in [7, 11) is 1.70. The maximum atomic E-state index is 13.6. The first-order valence-electron chi connectivity index (χ1n) is 9.21. The molecular weight excluding hydrogens is 489 g/mol. The molecule has 1 atom stereocenters. The highest BCUT2D eigenvalue weighted by atomic mass is 79.9.